The van der Waals surface area contributed by atoms with E-state index in [1.165, 1.54) is 38.5 Å². The predicted molar refractivity (Wildman–Crippen MR) is 151 cm³/mol. The third-order valence-corrected chi connectivity index (χ3v) is 13.6. The van der Waals surface area contributed by atoms with Crippen molar-refractivity contribution in [1.29, 1.82) is 0 Å². The molecule has 0 N–H and O–H groups in total. The molecular formula is C34H54O4. The number of ether oxygens (including phenoxy) is 2. The van der Waals surface area contributed by atoms with E-state index in [1.54, 1.807) is 25.0 Å². The van der Waals surface area contributed by atoms with Crippen LogP contribution >= 0.6 is 0 Å². The largest absolute Gasteiger partial charge is 0.465 e. The van der Waals surface area contributed by atoms with Gasteiger partial charge in [-0.05, 0) is 104 Å². The molecule has 5 aliphatic rings. The molecule has 4 heteroatoms. The fourth-order valence-electron chi connectivity index (χ4n) is 11.6. The van der Waals surface area contributed by atoms with Gasteiger partial charge in [0.2, 0.25) is 0 Å². The van der Waals surface area contributed by atoms with Crippen molar-refractivity contribution in [2.45, 2.75) is 133 Å². The molecule has 0 aromatic carbocycles. The molecule has 3 unspecified atom stereocenters. The fourth-order valence-corrected chi connectivity index (χ4v) is 11.6. The van der Waals surface area contributed by atoms with Crippen molar-refractivity contribution in [2.24, 2.45) is 50.7 Å². The minimum Gasteiger partial charge on any atom is -0.465 e. The number of esters is 2. The van der Waals surface area contributed by atoms with E-state index in [9.17, 15) is 9.59 Å². The first-order valence-corrected chi connectivity index (χ1v) is 15.7. The van der Waals surface area contributed by atoms with E-state index in [0.29, 0.717) is 30.3 Å². The quantitative estimate of drug-likeness (QED) is 0.273. The van der Waals surface area contributed by atoms with Gasteiger partial charge in [-0.1, -0.05) is 59.6 Å². The van der Waals surface area contributed by atoms with Crippen LogP contribution in [0.5, 0.6) is 0 Å². The Labute approximate surface area is 232 Å². The van der Waals surface area contributed by atoms with Crippen LogP contribution in [0.15, 0.2) is 11.1 Å². The Balaban J connectivity index is 1.52. The summed E-state index contributed by atoms with van der Waals surface area (Å²) in [5, 5.41) is 0. The molecule has 0 spiro atoms. The third-order valence-electron chi connectivity index (χ3n) is 13.6. The highest BCUT2D eigenvalue weighted by molar-refractivity contribution is 5.66. The summed E-state index contributed by atoms with van der Waals surface area (Å²) in [6.07, 6.45) is 11.9. The molecule has 4 fully saturated rings. The van der Waals surface area contributed by atoms with E-state index >= 15 is 0 Å². The van der Waals surface area contributed by atoms with Crippen molar-refractivity contribution in [2.75, 3.05) is 6.61 Å². The zero-order valence-electron chi connectivity index (χ0n) is 25.8. The molecule has 0 bridgehead atoms. The SMILES string of the molecule is CC(=O)OC[C@]12CCC(C(C)C)=C1C1CCC3[C@@]4(C)CC[C@H](OC(C)=O)C(C)(C)C4CC[C@@]3(C)[C@]1(C)CC2. The molecule has 5 rings (SSSR count). The first kappa shape index (κ1) is 28.2. The molecule has 214 valence electrons. The molecule has 5 aliphatic carbocycles. The lowest BCUT2D eigenvalue weighted by molar-refractivity contribution is -0.233. The van der Waals surface area contributed by atoms with Crippen molar-refractivity contribution in [3.63, 3.8) is 0 Å². The van der Waals surface area contributed by atoms with Crippen LogP contribution in [-0.2, 0) is 19.1 Å². The second-order valence-electron chi connectivity index (χ2n) is 15.7. The van der Waals surface area contributed by atoms with Gasteiger partial charge < -0.3 is 9.47 Å². The summed E-state index contributed by atoms with van der Waals surface area (Å²) in [5.74, 6) is 2.15. The lowest BCUT2D eigenvalue weighted by Gasteiger charge is -2.72. The third kappa shape index (κ3) is 3.80. The zero-order valence-corrected chi connectivity index (χ0v) is 25.8. The Morgan fingerprint density at radius 3 is 2.16 bits per heavy atom. The maximum Gasteiger partial charge on any atom is 0.302 e. The van der Waals surface area contributed by atoms with E-state index in [2.05, 4.69) is 48.5 Å². The van der Waals surface area contributed by atoms with Gasteiger partial charge in [0.1, 0.15) is 12.7 Å². The van der Waals surface area contributed by atoms with Crippen molar-refractivity contribution in [3.8, 4) is 0 Å². The zero-order chi connectivity index (χ0) is 27.9. The number of fused-ring (bicyclic) bond motifs is 7. The van der Waals surface area contributed by atoms with Gasteiger partial charge in [-0.15, -0.1) is 0 Å². The van der Waals surface area contributed by atoms with E-state index in [1.807, 2.05) is 0 Å². The van der Waals surface area contributed by atoms with Crippen LogP contribution in [0.3, 0.4) is 0 Å². The van der Waals surface area contributed by atoms with Gasteiger partial charge in [0.25, 0.3) is 0 Å². The first-order valence-electron chi connectivity index (χ1n) is 15.7. The average molecular weight is 527 g/mol. The lowest BCUT2D eigenvalue weighted by Crippen LogP contribution is -2.66. The van der Waals surface area contributed by atoms with Crippen molar-refractivity contribution in [1.82, 2.24) is 0 Å². The minimum absolute atomic E-state index is 0.00228. The Morgan fingerprint density at radius 1 is 0.816 bits per heavy atom. The summed E-state index contributed by atoms with van der Waals surface area (Å²) in [5.41, 5.74) is 4.29. The van der Waals surface area contributed by atoms with E-state index in [-0.39, 0.29) is 45.1 Å². The summed E-state index contributed by atoms with van der Waals surface area (Å²) in [6.45, 7) is 21.1. The second kappa shape index (κ2) is 9.10. The van der Waals surface area contributed by atoms with Crippen LogP contribution in [0, 0.1) is 50.7 Å². The van der Waals surface area contributed by atoms with E-state index in [0.717, 1.165) is 25.7 Å². The van der Waals surface area contributed by atoms with Gasteiger partial charge in [0.05, 0.1) is 0 Å². The fraction of sp³-hybridized carbons (Fsp3) is 0.882. The number of hydrogen-bond donors (Lipinski definition) is 0. The number of rotatable bonds is 4. The normalized spacial score (nSPS) is 45.5. The van der Waals surface area contributed by atoms with Crippen LogP contribution < -0.4 is 0 Å². The van der Waals surface area contributed by atoms with E-state index in [4.69, 9.17) is 9.47 Å². The number of carbonyl (C=O) groups excluding carboxylic acids is 2. The lowest BCUT2D eigenvalue weighted by atomic mass is 9.33. The molecule has 4 saturated carbocycles. The van der Waals surface area contributed by atoms with Crippen molar-refractivity contribution < 1.29 is 19.1 Å². The maximum absolute atomic E-state index is 11.9. The Kier molecular flexibility index (Phi) is 6.76. The van der Waals surface area contributed by atoms with Crippen LogP contribution in [0.1, 0.15) is 127 Å². The summed E-state index contributed by atoms with van der Waals surface area (Å²) >= 11 is 0. The molecule has 0 aromatic heterocycles. The minimum atomic E-state index is -0.140. The van der Waals surface area contributed by atoms with E-state index < -0.39 is 0 Å². The average Bonchev–Trinajstić information content (AvgIpc) is 3.20. The Morgan fingerprint density at radius 2 is 1.53 bits per heavy atom. The standard InChI is InChI=1S/C34H54O4/c1-21(2)24-12-17-34(20-37-22(3)35)19-18-32(8)25(29(24)34)10-11-27-31(7)15-14-28(38-23(4)36)30(5,6)26(31)13-16-33(27,32)9/h21,25-28H,10-20H2,1-9H3/t25?,26?,27?,28-,31-,32+,33+,34+/m0/s1. The molecule has 0 saturated heterocycles. The summed E-state index contributed by atoms with van der Waals surface area (Å²) < 4.78 is 11.7. The number of allylic oxidation sites excluding steroid dienone is 1. The highest BCUT2D eigenvalue weighted by atomic mass is 16.5. The highest BCUT2D eigenvalue weighted by Gasteiger charge is 2.69. The van der Waals surface area contributed by atoms with Gasteiger partial charge >= 0.3 is 11.9 Å². The van der Waals surface area contributed by atoms with Crippen LogP contribution in [0.2, 0.25) is 0 Å². The summed E-state index contributed by atoms with van der Waals surface area (Å²) in [6, 6.07) is 0. The summed E-state index contributed by atoms with van der Waals surface area (Å²) in [7, 11) is 0. The summed E-state index contributed by atoms with van der Waals surface area (Å²) in [4.78, 5) is 23.8. The molecule has 0 amide bonds. The molecule has 0 heterocycles. The van der Waals surface area contributed by atoms with Crippen molar-refractivity contribution >= 4 is 11.9 Å². The maximum atomic E-state index is 11.9. The van der Waals surface area contributed by atoms with Crippen LogP contribution in [0.25, 0.3) is 0 Å². The molecule has 4 nitrogen and oxygen atoms in total. The van der Waals surface area contributed by atoms with Crippen molar-refractivity contribution in [3.05, 3.63) is 11.1 Å². The molecular weight excluding hydrogens is 472 g/mol. The molecule has 0 aromatic rings. The second-order valence-corrected chi connectivity index (χ2v) is 15.7. The van der Waals surface area contributed by atoms with Gasteiger partial charge in [-0.3, -0.25) is 9.59 Å². The topological polar surface area (TPSA) is 52.6 Å². The van der Waals surface area contributed by atoms with Gasteiger partial charge in [-0.25, -0.2) is 0 Å². The smallest absolute Gasteiger partial charge is 0.302 e. The Bertz CT molecular complexity index is 1020. The predicted octanol–water partition coefficient (Wildman–Crippen LogP) is 8.28. The van der Waals surface area contributed by atoms with Gasteiger partial charge in [0, 0.05) is 24.7 Å². The number of hydrogen-bond acceptors (Lipinski definition) is 4. The molecule has 0 aliphatic heterocycles. The molecule has 0 radical (unpaired) electrons. The monoisotopic (exact) mass is 526 g/mol. The number of carbonyl (C=O) groups is 2. The van der Waals surface area contributed by atoms with Crippen LogP contribution in [0.4, 0.5) is 0 Å². The van der Waals surface area contributed by atoms with Gasteiger partial charge in [0.15, 0.2) is 0 Å². The van der Waals surface area contributed by atoms with Crippen LogP contribution in [-0.4, -0.2) is 24.6 Å². The Hall–Kier alpha value is -1.32. The molecule has 8 atom stereocenters. The first-order chi connectivity index (χ1) is 17.6. The molecule has 38 heavy (non-hydrogen) atoms. The van der Waals surface area contributed by atoms with Gasteiger partial charge in [-0.2, -0.15) is 0 Å². The highest BCUT2D eigenvalue weighted by Crippen LogP contribution is 2.76.